The van der Waals surface area contributed by atoms with Gasteiger partial charge in [0.05, 0.1) is 0 Å². The van der Waals surface area contributed by atoms with Crippen LogP contribution < -0.4 is 0 Å². The van der Waals surface area contributed by atoms with Crippen LogP contribution in [-0.4, -0.2) is 37.2 Å². The zero-order valence-electron chi connectivity index (χ0n) is 53.2. The predicted octanol–water partition coefficient (Wildman–Crippen LogP) is 24.1. The molecule has 0 saturated carbocycles. The fourth-order valence-corrected chi connectivity index (χ4v) is 10.5. The van der Waals surface area contributed by atoms with Crippen molar-refractivity contribution in [2.24, 2.45) is 0 Å². The van der Waals surface area contributed by atoms with E-state index in [4.69, 9.17) is 14.2 Å². The van der Waals surface area contributed by atoms with Crippen molar-refractivity contribution in [1.82, 2.24) is 0 Å². The molecule has 0 radical (unpaired) electrons. The molecule has 6 nitrogen and oxygen atoms in total. The van der Waals surface area contributed by atoms with Crippen LogP contribution in [0, 0.1) is 0 Å². The summed E-state index contributed by atoms with van der Waals surface area (Å²) in [5, 5.41) is 0. The minimum absolute atomic E-state index is 0.0730. The average Bonchev–Trinajstić information content (AvgIpc) is 3.45. The first-order chi connectivity index (χ1) is 39.0. The van der Waals surface area contributed by atoms with Gasteiger partial charge in [-0.1, -0.05) is 307 Å². The van der Waals surface area contributed by atoms with Crippen LogP contribution in [-0.2, 0) is 28.6 Å². The maximum atomic E-state index is 12.9. The Bertz CT molecular complexity index is 1360. The van der Waals surface area contributed by atoms with Gasteiger partial charge in [-0.3, -0.25) is 14.4 Å². The second-order valence-corrected chi connectivity index (χ2v) is 23.8. The zero-order chi connectivity index (χ0) is 57.1. The van der Waals surface area contributed by atoms with E-state index in [-0.39, 0.29) is 31.1 Å². The molecule has 0 fully saturated rings. The van der Waals surface area contributed by atoms with Gasteiger partial charge in [0.25, 0.3) is 0 Å². The van der Waals surface area contributed by atoms with Crippen molar-refractivity contribution in [2.45, 2.75) is 386 Å². The standard InChI is InChI=1S/C73H134O6/c1-4-7-10-13-16-19-22-25-28-30-32-33-34-35-36-37-38-39-41-42-45-48-51-54-57-60-63-66-72(75)78-69-70(68-77-71(74)65-62-59-56-53-50-47-44-27-24-21-18-15-12-9-6-3)79-73(76)67-64-61-58-55-52-49-46-43-40-31-29-26-23-20-17-14-11-8-5-2/h22,25-27,29-30,32,44,70H,4-21,23-24,28,31,33-43,45-69H2,1-3H3/b25-22-,29-26-,32-30-,44-27-. The van der Waals surface area contributed by atoms with Gasteiger partial charge in [0.1, 0.15) is 13.2 Å². The Labute approximate surface area is 492 Å². The highest BCUT2D eigenvalue weighted by molar-refractivity contribution is 5.71. The Morgan fingerprint density at radius 2 is 0.456 bits per heavy atom. The van der Waals surface area contributed by atoms with E-state index in [1.54, 1.807) is 0 Å². The van der Waals surface area contributed by atoms with E-state index < -0.39 is 6.10 Å². The number of rotatable bonds is 65. The van der Waals surface area contributed by atoms with E-state index in [1.807, 2.05) is 0 Å². The quantitative estimate of drug-likeness (QED) is 0.0261. The van der Waals surface area contributed by atoms with Gasteiger partial charge in [-0.25, -0.2) is 0 Å². The summed E-state index contributed by atoms with van der Waals surface area (Å²) in [6.45, 7) is 6.67. The highest BCUT2D eigenvalue weighted by atomic mass is 16.6. The number of esters is 3. The Morgan fingerprint density at radius 1 is 0.253 bits per heavy atom. The van der Waals surface area contributed by atoms with Gasteiger partial charge in [0.15, 0.2) is 6.10 Å². The van der Waals surface area contributed by atoms with Gasteiger partial charge in [-0.2, -0.15) is 0 Å². The maximum Gasteiger partial charge on any atom is 0.306 e. The Morgan fingerprint density at radius 3 is 0.709 bits per heavy atom. The zero-order valence-corrected chi connectivity index (χ0v) is 53.2. The Balaban J connectivity index is 4.26. The smallest absolute Gasteiger partial charge is 0.306 e. The molecule has 0 aliphatic rings. The highest BCUT2D eigenvalue weighted by Crippen LogP contribution is 2.18. The summed E-state index contributed by atoms with van der Waals surface area (Å²) in [4.78, 5) is 38.4. The maximum absolute atomic E-state index is 12.9. The molecule has 1 unspecified atom stereocenters. The SMILES string of the molecule is CCCCCCC/C=C\C/C=C\CCCCCCCCCCCCCCCCCC(=O)OCC(COC(=O)CCCCCCC/C=C\CCCCCCCC)OC(=O)CCCCCCCCCCC/C=C\CCCCCCCC. The summed E-state index contributed by atoms with van der Waals surface area (Å²) in [7, 11) is 0. The molecule has 0 amide bonds. The molecule has 0 aromatic carbocycles. The van der Waals surface area contributed by atoms with E-state index in [0.717, 1.165) is 70.6 Å². The molecular formula is C73H134O6. The van der Waals surface area contributed by atoms with Crippen LogP contribution >= 0.6 is 0 Å². The minimum Gasteiger partial charge on any atom is -0.462 e. The second-order valence-electron chi connectivity index (χ2n) is 23.8. The van der Waals surface area contributed by atoms with Gasteiger partial charge in [-0.05, 0) is 103 Å². The number of carbonyl (C=O) groups is 3. The van der Waals surface area contributed by atoms with Gasteiger partial charge >= 0.3 is 17.9 Å². The number of hydrogen-bond donors (Lipinski definition) is 0. The van der Waals surface area contributed by atoms with Crippen molar-refractivity contribution < 1.29 is 28.6 Å². The fraction of sp³-hybridized carbons (Fsp3) is 0.849. The molecule has 79 heavy (non-hydrogen) atoms. The lowest BCUT2D eigenvalue weighted by Crippen LogP contribution is -2.30. The number of ether oxygens (including phenoxy) is 3. The Hall–Kier alpha value is -2.63. The van der Waals surface area contributed by atoms with Gasteiger partial charge in [-0.15, -0.1) is 0 Å². The largest absolute Gasteiger partial charge is 0.462 e. The molecule has 0 rings (SSSR count). The lowest BCUT2D eigenvalue weighted by molar-refractivity contribution is -0.167. The van der Waals surface area contributed by atoms with Crippen LogP contribution in [0.3, 0.4) is 0 Å². The van der Waals surface area contributed by atoms with Gasteiger partial charge in [0, 0.05) is 19.3 Å². The summed E-state index contributed by atoms with van der Waals surface area (Å²) in [6.07, 6.45) is 85.6. The molecule has 6 heteroatoms. The molecule has 0 aromatic rings. The average molecular weight is 1110 g/mol. The van der Waals surface area contributed by atoms with Crippen LogP contribution in [0.4, 0.5) is 0 Å². The molecule has 0 heterocycles. The molecular weight excluding hydrogens is 973 g/mol. The van der Waals surface area contributed by atoms with Crippen molar-refractivity contribution in [3.8, 4) is 0 Å². The van der Waals surface area contributed by atoms with Gasteiger partial charge < -0.3 is 14.2 Å². The van der Waals surface area contributed by atoms with Crippen molar-refractivity contribution in [1.29, 1.82) is 0 Å². The molecule has 462 valence electrons. The fourth-order valence-electron chi connectivity index (χ4n) is 10.5. The van der Waals surface area contributed by atoms with E-state index in [9.17, 15) is 14.4 Å². The third kappa shape index (κ3) is 66.1. The highest BCUT2D eigenvalue weighted by Gasteiger charge is 2.19. The summed E-state index contributed by atoms with van der Waals surface area (Å²) in [5.74, 6) is -0.859. The number of hydrogen-bond acceptors (Lipinski definition) is 6. The molecule has 0 bridgehead atoms. The van der Waals surface area contributed by atoms with Crippen molar-refractivity contribution in [2.75, 3.05) is 13.2 Å². The van der Waals surface area contributed by atoms with E-state index in [2.05, 4.69) is 69.4 Å². The molecule has 0 spiro atoms. The van der Waals surface area contributed by atoms with E-state index in [0.29, 0.717) is 19.3 Å². The normalized spacial score (nSPS) is 12.3. The van der Waals surface area contributed by atoms with Crippen molar-refractivity contribution in [3.05, 3.63) is 48.6 Å². The molecule has 0 aliphatic heterocycles. The second kappa shape index (κ2) is 67.9. The topological polar surface area (TPSA) is 78.9 Å². The van der Waals surface area contributed by atoms with Crippen LogP contribution in [0.25, 0.3) is 0 Å². The van der Waals surface area contributed by atoms with Crippen LogP contribution in [0.1, 0.15) is 380 Å². The first-order valence-electron chi connectivity index (χ1n) is 35.1. The number of unbranched alkanes of at least 4 members (excludes halogenated alkanes) is 46. The Kier molecular flexibility index (Phi) is 65.6. The minimum atomic E-state index is -0.777. The van der Waals surface area contributed by atoms with Crippen molar-refractivity contribution >= 4 is 17.9 Å². The summed E-state index contributed by atoms with van der Waals surface area (Å²) < 4.78 is 17.0. The third-order valence-corrected chi connectivity index (χ3v) is 15.8. The van der Waals surface area contributed by atoms with Gasteiger partial charge in [0.2, 0.25) is 0 Å². The third-order valence-electron chi connectivity index (χ3n) is 15.8. The molecule has 0 aromatic heterocycles. The first kappa shape index (κ1) is 76.4. The lowest BCUT2D eigenvalue weighted by Gasteiger charge is -2.18. The molecule has 0 aliphatic carbocycles. The molecule has 1 atom stereocenters. The molecule has 0 N–H and O–H groups in total. The predicted molar refractivity (Wildman–Crippen MR) is 344 cm³/mol. The van der Waals surface area contributed by atoms with Crippen LogP contribution in [0.2, 0.25) is 0 Å². The first-order valence-corrected chi connectivity index (χ1v) is 35.1. The van der Waals surface area contributed by atoms with E-state index in [1.165, 1.54) is 270 Å². The lowest BCUT2D eigenvalue weighted by atomic mass is 10.0. The molecule has 0 saturated heterocycles. The summed E-state index contributed by atoms with van der Waals surface area (Å²) in [6, 6.07) is 0. The van der Waals surface area contributed by atoms with Crippen molar-refractivity contribution in [3.63, 3.8) is 0 Å². The van der Waals surface area contributed by atoms with Crippen LogP contribution in [0.5, 0.6) is 0 Å². The monoisotopic (exact) mass is 1110 g/mol. The van der Waals surface area contributed by atoms with Crippen LogP contribution in [0.15, 0.2) is 48.6 Å². The van der Waals surface area contributed by atoms with E-state index >= 15 is 0 Å². The summed E-state index contributed by atoms with van der Waals surface area (Å²) >= 11 is 0. The number of carbonyl (C=O) groups excluding carboxylic acids is 3. The summed E-state index contributed by atoms with van der Waals surface area (Å²) in [5.41, 5.74) is 0. The number of allylic oxidation sites excluding steroid dienone is 8.